The molecular weight excluding hydrogens is 272 g/mol. The molecule has 0 bridgehead atoms. The Balaban J connectivity index is 1.70. The van der Waals surface area contributed by atoms with E-state index in [2.05, 4.69) is 15.6 Å². The smallest absolute Gasteiger partial charge is 0.330 e. The predicted octanol–water partition coefficient (Wildman–Crippen LogP) is 0.240. The van der Waals surface area contributed by atoms with Crippen LogP contribution in [-0.2, 0) is 9.59 Å². The number of aromatic nitrogens is 2. The minimum absolute atomic E-state index is 0.0997. The molecule has 1 fully saturated rings. The van der Waals surface area contributed by atoms with Crippen molar-refractivity contribution < 1.29 is 9.59 Å². The Hall–Kier alpha value is -2.83. The van der Waals surface area contributed by atoms with Gasteiger partial charge in [-0.3, -0.25) is 14.2 Å². The van der Waals surface area contributed by atoms with Crippen molar-refractivity contribution in [1.29, 1.82) is 0 Å². The third-order valence-electron chi connectivity index (χ3n) is 3.41. The second-order valence-corrected chi connectivity index (χ2v) is 4.88. The zero-order valence-corrected chi connectivity index (χ0v) is 11.1. The molecule has 0 aliphatic carbocycles. The van der Waals surface area contributed by atoms with Gasteiger partial charge in [0.25, 0.3) is 0 Å². The quantitative estimate of drug-likeness (QED) is 0.754. The van der Waals surface area contributed by atoms with E-state index in [4.69, 9.17) is 0 Å². The summed E-state index contributed by atoms with van der Waals surface area (Å²) in [5.41, 5.74) is 1.12. The minimum atomic E-state index is -0.329. The summed E-state index contributed by atoms with van der Waals surface area (Å²) in [6.07, 6.45) is 3.41. The van der Waals surface area contributed by atoms with E-state index in [9.17, 15) is 14.4 Å². The molecule has 21 heavy (non-hydrogen) atoms. The summed E-state index contributed by atoms with van der Waals surface area (Å²) in [6, 6.07) is 6.92. The number of hydrogen-bond donors (Lipinski definition) is 3. The third-order valence-corrected chi connectivity index (χ3v) is 3.41. The number of anilines is 1. The molecule has 1 atom stereocenters. The number of H-pyrrole nitrogens is 1. The lowest BCUT2D eigenvalue weighted by molar-refractivity contribution is -0.123. The summed E-state index contributed by atoms with van der Waals surface area (Å²) in [6.45, 7) is 0.376. The summed E-state index contributed by atoms with van der Waals surface area (Å²) in [5, 5.41) is 5.39. The van der Waals surface area contributed by atoms with Gasteiger partial charge in [0.1, 0.15) is 0 Å². The largest absolute Gasteiger partial charge is 0.355 e. The van der Waals surface area contributed by atoms with Crippen molar-refractivity contribution in [2.75, 3.05) is 11.9 Å². The molecular formula is C14H14N4O3. The van der Waals surface area contributed by atoms with Gasteiger partial charge >= 0.3 is 5.69 Å². The highest BCUT2D eigenvalue weighted by atomic mass is 16.2. The fraction of sp³-hybridized carbons (Fsp3) is 0.214. The highest BCUT2D eigenvalue weighted by Crippen LogP contribution is 2.15. The number of nitrogens with one attached hydrogen (secondary N) is 3. The Morgan fingerprint density at radius 3 is 2.57 bits per heavy atom. The fourth-order valence-electron chi connectivity index (χ4n) is 2.26. The van der Waals surface area contributed by atoms with E-state index in [0.717, 1.165) is 0 Å². The summed E-state index contributed by atoms with van der Waals surface area (Å²) in [4.78, 5) is 37.1. The Bertz CT molecular complexity index is 729. The van der Waals surface area contributed by atoms with Crippen LogP contribution in [0.3, 0.4) is 0 Å². The fourth-order valence-corrected chi connectivity index (χ4v) is 2.26. The van der Waals surface area contributed by atoms with Gasteiger partial charge in [0.05, 0.1) is 11.6 Å². The van der Waals surface area contributed by atoms with E-state index < -0.39 is 0 Å². The lowest BCUT2D eigenvalue weighted by Crippen LogP contribution is -2.24. The van der Waals surface area contributed by atoms with Crippen LogP contribution >= 0.6 is 0 Å². The molecule has 1 aromatic carbocycles. The van der Waals surface area contributed by atoms with E-state index in [-0.39, 0.29) is 29.8 Å². The Kier molecular flexibility index (Phi) is 3.31. The van der Waals surface area contributed by atoms with Crippen molar-refractivity contribution >= 4 is 17.5 Å². The normalized spacial score (nSPS) is 17.5. The number of carbonyl (C=O) groups excluding carboxylic acids is 2. The molecule has 7 heteroatoms. The minimum Gasteiger partial charge on any atom is -0.355 e. The molecule has 3 N–H and O–H groups in total. The number of aromatic amines is 1. The monoisotopic (exact) mass is 286 g/mol. The first-order chi connectivity index (χ1) is 10.1. The maximum Gasteiger partial charge on any atom is 0.330 e. The van der Waals surface area contributed by atoms with E-state index >= 15 is 0 Å². The van der Waals surface area contributed by atoms with E-state index in [1.807, 2.05) is 0 Å². The van der Waals surface area contributed by atoms with Crippen molar-refractivity contribution in [3.05, 3.63) is 47.1 Å². The van der Waals surface area contributed by atoms with Gasteiger partial charge in [-0.2, -0.15) is 0 Å². The first-order valence-electron chi connectivity index (χ1n) is 6.57. The van der Waals surface area contributed by atoms with Gasteiger partial charge in [-0.05, 0) is 24.3 Å². The second kappa shape index (κ2) is 5.28. The number of nitrogens with zero attached hydrogens (tertiary/aromatic N) is 1. The van der Waals surface area contributed by atoms with Gasteiger partial charge in [-0.1, -0.05) is 0 Å². The van der Waals surface area contributed by atoms with Gasteiger partial charge in [0.2, 0.25) is 11.8 Å². The van der Waals surface area contributed by atoms with Crippen LogP contribution in [0.2, 0.25) is 0 Å². The zero-order chi connectivity index (χ0) is 14.8. The molecule has 1 saturated heterocycles. The summed E-state index contributed by atoms with van der Waals surface area (Å²) in [7, 11) is 0. The molecule has 2 aromatic rings. The van der Waals surface area contributed by atoms with Gasteiger partial charge in [-0.25, -0.2) is 4.79 Å². The molecule has 1 aliphatic heterocycles. The number of benzene rings is 1. The molecule has 0 radical (unpaired) electrons. The SMILES string of the molecule is O=C1CC(C(=O)Nc2ccc(-n3cc[nH]c3=O)cc2)CN1. The van der Waals surface area contributed by atoms with E-state index in [0.29, 0.717) is 17.9 Å². The summed E-state index contributed by atoms with van der Waals surface area (Å²) in [5.74, 6) is -0.610. The number of carbonyl (C=O) groups is 2. The maximum atomic E-state index is 12.0. The molecule has 2 amide bonds. The van der Waals surface area contributed by atoms with Crippen molar-refractivity contribution in [2.24, 2.45) is 5.92 Å². The number of hydrogen-bond acceptors (Lipinski definition) is 3. The van der Waals surface area contributed by atoms with Crippen molar-refractivity contribution in [1.82, 2.24) is 14.9 Å². The maximum absolute atomic E-state index is 12.0. The molecule has 0 saturated carbocycles. The second-order valence-electron chi connectivity index (χ2n) is 4.88. The van der Waals surface area contributed by atoms with Crippen LogP contribution in [0.5, 0.6) is 0 Å². The average molecular weight is 286 g/mol. The van der Waals surface area contributed by atoms with Crippen molar-refractivity contribution in [2.45, 2.75) is 6.42 Å². The van der Waals surface area contributed by atoms with Crippen LogP contribution in [0.15, 0.2) is 41.5 Å². The first-order valence-corrected chi connectivity index (χ1v) is 6.57. The Morgan fingerprint density at radius 1 is 1.24 bits per heavy atom. The molecule has 3 rings (SSSR count). The van der Waals surface area contributed by atoms with Crippen LogP contribution in [-0.4, -0.2) is 27.9 Å². The molecule has 2 heterocycles. The molecule has 1 aromatic heterocycles. The lowest BCUT2D eigenvalue weighted by atomic mass is 10.1. The topological polar surface area (TPSA) is 96.0 Å². The standard InChI is InChI=1S/C14H14N4O3/c19-12-7-9(8-16-12)13(20)17-10-1-3-11(4-2-10)18-6-5-15-14(18)21/h1-6,9H,7-8H2,(H,15,21)(H,16,19)(H,17,20). The van der Waals surface area contributed by atoms with Crippen LogP contribution in [0.1, 0.15) is 6.42 Å². The molecule has 7 nitrogen and oxygen atoms in total. The van der Waals surface area contributed by atoms with Gasteiger partial charge in [-0.15, -0.1) is 0 Å². The third kappa shape index (κ3) is 2.71. The van der Waals surface area contributed by atoms with Gasteiger partial charge in [0, 0.05) is 31.0 Å². The predicted molar refractivity (Wildman–Crippen MR) is 76.1 cm³/mol. The van der Waals surface area contributed by atoms with Crippen LogP contribution in [0.25, 0.3) is 5.69 Å². The number of amides is 2. The van der Waals surface area contributed by atoms with Crippen LogP contribution in [0, 0.1) is 5.92 Å². The molecule has 1 aliphatic rings. The number of rotatable bonds is 3. The van der Waals surface area contributed by atoms with Gasteiger partial charge in [0.15, 0.2) is 0 Å². The lowest BCUT2D eigenvalue weighted by Gasteiger charge is -2.09. The highest BCUT2D eigenvalue weighted by molar-refractivity contribution is 5.97. The molecule has 108 valence electrons. The van der Waals surface area contributed by atoms with E-state index in [1.165, 1.54) is 4.57 Å². The Labute approximate surface area is 120 Å². The summed E-state index contributed by atoms with van der Waals surface area (Å²) < 4.78 is 1.46. The molecule has 0 spiro atoms. The van der Waals surface area contributed by atoms with Gasteiger partial charge < -0.3 is 15.6 Å². The van der Waals surface area contributed by atoms with Crippen molar-refractivity contribution in [3.63, 3.8) is 0 Å². The van der Waals surface area contributed by atoms with Crippen LogP contribution < -0.4 is 16.3 Å². The zero-order valence-electron chi connectivity index (χ0n) is 11.1. The number of imidazole rings is 1. The van der Waals surface area contributed by atoms with Crippen molar-refractivity contribution in [3.8, 4) is 5.69 Å². The highest BCUT2D eigenvalue weighted by Gasteiger charge is 2.27. The Morgan fingerprint density at radius 2 is 2.00 bits per heavy atom. The summed E-state index contributed by atoms with van der Waals surface area (Å²) >= 11 is 0. The first kappa shape index (κ1) is 13.2. The molecule has 1 unspecified atom stereocenters. The van der Waals surface area contributed by atoms with E-state index in [1.54, 1.807) is 36.7 Å². The van der Waals surface area contributed by atoms with Crippen LogP contribution in [0.4, 0.5) is 5.69 Å². The average Bonchev–Trinajstić information content (AvgIpc) is 3.08.